The van der Waals surface area contributed by atoms with E-state index in [1.165, 1.54) is 18.7 Å². The summed E-state index contributed by atoms with van der Waals surface area (Å²) in [7, 11) is 0. The Bertz CT molecular complexity index is 767. The third-order valence-corrected chi connectivity index (χ3v) is 3.16. The summed E-state index contributed by atoms with van der Waals surface area (Å²) < 4.78 is 10.8. The highest BCUT2D eigenvalue weighted by Crippen LogP contribution is 2.27. The number of ether oxygens (including phenoxy) is 1. The van der Waals surface area contributed by atoms with Crippen molar-refractivity contribution in [1.29, 1.82) is 0 Å². The number of oxazole rings is 1. The van der Waals surface area contributed by atoms with Crippen LogP contribution >= 0.6 is 0 Å². The molecule has 0 spiro atoms. The number of aromatic nitrogens is 1. The predicted molar refractivity (Wildman–Crippen MR) is 79.7 cm³/mol. The summed E-state index contributed by atoms with van der Waals surface area (Å²) in [5.41, 5.74) is 1.70. The molecule has 0 aliphatic rings. The lowest BCUT2D eigenvalue weighted by molar-refractivity contribution is 0.0692. The van der Waals surface area contributed by atoms with Crippen molar-refractivity contribution in [3.63, 3.8) is 0 Å². The summed E-state index contributed by atoms with van der Waals surface area (Å²) in [6.07, 6.45) is 2.83. The van der Waals surface area contributed by atoms with Gasteiger partial charge in [0.1, 0.15) is 17.9 Å². The quantitative estimate of drug-likeness (QED) is 0.778. The Morgan fingerprint density at radius 3 is 2.68 bits per heavy atom. The molecular formula is C17H13NO4. The van der Waals surface area contributed by atoms with Crippen LogP contribution in [0, 0.1) is 0 Å². The Morgan fingerprint density at radius 1 is 1.18 bits per heavy atom. The van der Waals surface area contributed by atoms with E-state index in [9.17, 15) is 9.90 Å². The van der Waals surface area contributed by atoms with Gasteiger partial charge in [-0.05, 0) is 23.8 Å². The van der Waals surface area contributed by atoms with E-state index in [1.807, 2.05) is 30.3 Å². The Kier molecular flexibility index (Phi) is 3.87. The number of benzene rings is 2. The zero-order valence-electron chi connectivity index (χ0n) is 11.6. The first-order chi connectivity index (χ1) is 10.7. The Morgan fingerprint density at radius 2 is 2.00 bits per heavy atom. The minimum absolute atomic E-state index is 0.0878. The van der Waals surface area contributed by atoms with Crippen molar-refractivity contribution in [3.8, 4) is 17.1 Å². The molecular weight excluding hydrogens is 282 g/mol. The van der Waals surface area contributed by atoms with Crippen LogP contribution in [-0.4, -0.2) is 16.1 Å². The number of hydrogen-bond donors (Lipinski definition) is 1. The smallest absolute Gasteiger partial charge is 0.339 e. The normalized spacial score (nSPS) is 10.4. The molecule has 0 amide bonds. The first-order valence-corrected chi connectivity index (χ1v) is 6.67. The largest absolute Gasteiger partial charge is 0.488 e. The number of hydrogen-bond acceptors (Lipinski definition) is 4. The molecule has 5 nitrogen and oxygen atoms in total. The van der Waals surface area contributed by atoms with Gasteiger partial charge in [0.25, 0.3) is 0 Å². The molecule has 3 rings (SSSR count). The van der Waals surface area contributed by atoms with Crippen LogP contribution in [0.5, 0.6) is 5.75 Å². The minimum Gasteiger partial charge on any atom is -0.488 e. The van der Waals surface area contributed by atoms with Crippen LogP contribution in [0.15, 0.2) is 65.5 Å². The second-order valence-electron chi connectivity index (χ2n) is 4.66. The van der Waals surface area contributed by atoms with Crippen LogP contribution in [-0.2, 0) is 6.61 Å². The number of carbonyl (C=O) groups is 1. The SMILES string of the molecule is O=C(O)c1cc(-c2cnco2)ccc1OCc1ccccc1. The fraction of sp³-hybridized carbons (Fsp3) is 0.0588. The second kappa shape index (κ2) is 6.13. The lowest BCUT2D eigenvalue weighted by Gasteiger charge is -2.10. The van der Waals surface area contributed by atoms with Gasteiger partial charge in [-0.1, -0.05) is 30.3 Å². The number of rotatable bonds is 5. The van der Waals surface area contributed by atoms with Crippen LogP contribution < -0.4 is 4.74 Å². The highest BCUT2D eigenvalue weighted by molar-refractivity contribution is 5.92. The first-order valence-electron chi connectivity index (χ1n) is 6.67. The first kappa shape index (κ1) is 13.9. The number of carboxylic acid groups (broad SMARTS) is 1. The summed E-state index contributed by atoms with van der Waals surface area (Å²) in [4.78, 5) is 15.3. The van der Waals surface area contributed by atoms with Gasteiger partial charge in [0, 0.05) is 5.56 Å². The average Bonchev–Trinajstić information content (AvgIpc) is 3.08. The summed E-state index contributed by atoms with van der Waals surface area (Å²) in [5.74, 6) is -0.221. The second-order valence-corrected chi connectivity index (χ2v) is 4.66. The lowest BCUT2D eigenvalue weighted by atomic mass is 10.1. The van der Waals surface area contributed by atoms with Gasteiger partial charge in [-0.3, -0.25) is 0 Å². The van der Waals surface area contributed by atoms with E-state index in [1.54, 1.807) is 12.1 Å². The van der Waals surface area contributed by atoms with Gasteiger partial charge in [0.2, 0.25) is 0 Å². The van der Waals surface area contributed by atoms with Crippen molar-refractivity contribution in [2.24, 2.45) is 0 Å². The van der Waals surface area contributed by atoms with Gasteiger partial charge >= 0.3 is 5.97 Å². The van der Waals surface area contributed by atoms with E-state index in [0.29, 0.717) is 23.7 Å². The van der Waals surface area contributed by atoms with Crippen LogP contribution in [0.25, 0.3) is 11.3 Å². The fourth-order valence-corrected chi connectivity index (χ4v) is 2.07. The predicted octanol–water partition coefficient (Wildman–Crippen LogP) is 3.62. The molecule has 5 heteroatoms. The molecule has 0 saturated heterocycles. The van der Waals surface area contributed by atoms with Gasteiger partial charge in [-0.2, -0.15) is 0 Å². The van der Waals surface area contributed by atoms with E-state index in [0.717, 1.165) is 5.56 Å². The van der Waals surface area contributed by atoms with E-state index in [2.05, 4.69) is 4.98 Å². The van der Waals surface area contributed by atoms with Gasteiger partial charge in [0.05, 0.1) is 6.20 Å². The highest BCUT2D eigenvalue weighted by Gasteiger charge is 2.14. The van der Waals surface area contributed by atoms with Crippen molar-refractivity contribution >= 4 is 5.97 Å². The van der Waals surface area contributed by atoms with E-state index < -0.39 is 5.97 Å². The van der Waals surface area contributed by atoms with Crippen molar-refractivity contribution in [3.05, 3.63) is 72.2 Å². The van der Waals surface area contributed by atoms with Crippen LogP contribution in [0.4, 0.5) is 0 Å². The summed E-state index contributed by atoms with van der Waals surface area (Å²) in [6.45, 7) is 0.308. The third-order valence-electron chi connectivity index (χ3n) is 3.16. The lowest BCUT2D eigenvalue weighted by Crippen LogP contribution is -2.03. The van der Waals surface area contributed by atoms with E-state index in [4.69, 9.17) is 9.15 Å². The molecule has 22 heavy (non-hydrogen) atoms. The molecule has 1 aromatic heterocycles. The Hall–Kier alpha value is -3.08. The van der Waals surface area contributed by atoms with Crippen molar-refractivity contribution in [2.45, 2.75) is 6.61 Å². The van der Waals surface area contributed by atoms with Crippen molar-refractivity contribution in [1.82, 2.24) is 4.98 Å². The monoisotopic (exact) mass is 295 g/mol. The molecule has 0 radical (unpaired) electrons. The average molecular weight is 295 g/mol. The third kappa shape index (κ3) is 2.98. The molecule has 0 fully saturated rings. The zero-order chi connectivity index (χ0) is 15.4. The molecule has 0 aliphatic heterocycles. The molecule has 1 N–H and O–H groups in total. The maximum Gasteiger partial charge on any atom is 0.339 e. The van der Waals surface area contributed by atoms with Crippen LogP contribution in [0.2, 0.25) is 0 Å². The van der Waals surface area contributed by atoms with Crippen molar-refractivity contribution in [2.75, 3.05) is 0 Å². The maximum atomic E-state index is 11.4. The Balaban J connectivity index is 1.86. The Labute approximate surface area is 126 Å². The van der Waals surface area contributed by atoms with Gasteiger partial charge in [-0.15, -0.1) is 0 Å². The zero-order valence-corrected chi connectivity index (χ0v) is 11.6. The van der Waals surface area contributed by atoms with E-state index >= 15 is 0 Å². The molecule has 1 heterocycles. The molecule has 0 bridgehead atoms. The molecule has 0 atom stereocenters. The van der Waals surface area contributed by atoms with Gasteiger partial charge in [0.15, 0.2) is 12.2 Å². The van der Waals surface area contributed by atoms with Gasteiger partial charge in [-0.25, -0.2) is 9.78 Å². The van der Waals surface area contributed by atoms with Crippen LogP contribution in [0.1, 0.15) is 15.9 Å². The standard InChI is InChI=1S/C17H13NO4/c19-17(20)14-8-13(16-9-18-11-22-16)6-7-15(14)21-10-12-4-2-1-3-5-12/h1-9,11H,10H2,(H,19,20). The molecule has 0 aliphatic carbocycles. The summed E-state index contributed by atoms with van der Waals surface area (Å²) in [5, 5.41) is 9.36. The molecule has 3 aromatic rings. The minimum atomic E-state index is -1.05. The molecule has 0 unspecified atom stereocenters. The highest BCUT2D eigenvalue weighted by atomic mass is 16.5. The number of carboxylic acids is 1. The topological polar surface area (TPSA) is 72.6 Å². The maximum absolute atomic E-state index is 11.4. The number of aromatic carboxylic acids is 1. The molecule has 2 aromatic carbocycles. The number of nitrogens with zero attached hydrogens (tertiary/aromatic N) is 1. The van der Waals surface area contributed by atoms with E-state index in [-0.39, 0.29) is 5.56 Å². The summed E-state index contributed by atoms with van der Waals surface area (Å²) >= 11 is 0. The molecule has 0 saturated carbocycles. The molecule has 110 valence electrons. The van der Waals surface area contributed by atoms with Crippen LogP contribution in [0.3, 0.4) is 0 Å². The van der Waals surface area contributed by atoms with Gasteiger partial charge < -0.3 is 14.3 Å². The van der Waals surface area contributed by atoms with Crippen molar-refractivity contribution < 1.29 is 19.1 Å². The summed E-state index contributed by atoms with van der Waals surface area (Å²) in [6, 6.07) is 14.5. The fourth-order valence-electron chi connectivity index (χ4n) is 2.07.